The van der Waals surface area contributed by atoms with Crippen LogP contribution < -0.4 is 5.90 Å². The first-order valence-corrected chi connectivity index (χ1v) is 7.12. The van der Waals surface area contributed by atoms with Gasteiger partial charge in [-0.15, -0.1) is 0 Å². The summed E-state index contributed by atoms with van der Waals surface area (Å²) in [5.41, 5.74) is 0. The summed E-state index contributed by atoms with van der Waals surface area (Å²) >= 11 is 0. The second kappa shape index (κ2) is 16.2. The van der Waals surface area contributed by atoms with Gasteiger partial charge < -0.3 is 4.84 Å². The van der Waals surface area contributed by atoms with Crippen molar-refractivity contribution in [3.8, 4) is 0 Å². The monoisotopic (exact) mass is 281 g/mol. The predicted octanol–water partition coefficient (Wildman–Crippen LogP) is 2.63. The second-order valence-electron chi connectivity index (χ2n) is 4.78. The SMILES string of the molecule is CCCCCCCCCCCC(=O)CC(=O)ON.[NaH]. The van der Waals surface area contributed by atoms with Gasteiger partial charge in [-0.1, -0.05) is 58.3 Å². The van der Waals surface area contributed by atoms with Crippen molar-refractivity contribution in [2.45, 2.75) is 77.6 Å². The number of nitrogens with two attached hydrogens (primary N) is 1. The van der Waals surface area contributed by atoms with Gasteiger partial charge in [-0.25, -0.2) is 4.79 Å². The molecule has 4 nitrogen and oxygen atoms in total. The predicted molar refractivity (Wildman–Crippen MR) is 78.9 cm³/mol. The molecular formula is C14H28NNaO3. The molecular weight excluding hydrogens is 253 g/mol. The Morgan fingerprint density at radius 2 is 1.37 bits per heavy atom. The molecule has 0 aromatic heterocycles. The van der Waals surface area contributed by atoms with Crippen molar-refractivity contribution in [3.63, 3.8) is 0 Å². The molecule has 0 aliphatic heterocycles. The molecule has 0 saturated heterocycles. The minimum atomic E-state index is -0.643. The Morgan fingerprint density at radius 3 is 1.84 bits per heavy atom. The van der Waals surface area contributed by atoms with Gasteiger partial charge in [-0.05, 0) is 6.42 Å². The summed E-state index contributed by atoms with van der Waals surface area (Å²) in [7, 11) is 0. The van der Waals surface area contributed by atoms with Crippen molar-refractivity contribution < 1.29 is 14.4 Å². The summed E-state index contributed by atoms with van der Waals surface area (Å²) in [6, 6.07) is 0. The zero-order valence-electron chi connectivity index (χ0n) is 11.6. The van der Waals surface area contributed by atoms with Crippen LogP contribution in [0.25, 0.3) is 0 Å². The van der Waals surface area contributed by atoms with Gasteiger partial charge in [-0.2, -0.15) is 5.90 Å². The summed E-state index contributed by atoms with van der Waals surface area (Å²) < 4.78 is 0. The van der Waals surface area contributed by atoms with E-state index in [1.165, 1.54) is 44.9 Å². The Morgan fingerprint density at radius 1 is 0.895 bits per heavy atom. The summed E-state index contributed by atoms with van der Waals surface area (Å²) in [5.74, 6) is 3.94. The topological polar surface area (TPSA) is 69.4 Å². The molecule has 5 heteroatoms. The molecule has 108 valence electrons. The van der Waals surface area contributed by atoms with E-state index in [2.05, 4.69) is 17.7 Å². The first-order chi connectivity index (χ1) is 8.70. The molecule has 0 aliphatic rings. The third kappa shape index (κ3) is 16.0. The van der Waals surface area contributed by atoms with Crippen LogP contribution in [-0.2, 0) is 14.4 Å². The van der Waals surface area contributed by atoms with Gasteiger partial charge in [0.05, 0.1) is 0 Å². The van der Waals surface area contributed by atoms with Crippen LogP contribution in [0, 0.1) is 0 Å². The van der Waals surface area contributed by atoms with Crippen molar-refractivity contribution in [3.05, 3.63) is 0 Å². The van der Waals surface area contributed by atoms with Gasteiger partial charge >= 0.3 is 35.5 Å². The van der Waals surface area contributed by atoms with E-state index in [1.54, 1.807) is 0 Å². The molecule has 0 rings (SSSR count). The van der Waals surface area contributed by atoms with E-state index in [0.29, 0.717) is 6.42 Å². The molecule has 0 aromatic rings. The summed E-state index contributed by atoms with van der Waals surface area (Å²) in [5, 5.41) is 0. The molecule has 0 saturated carbocycles. The van der Waals surface area contributed by atoms with E-state index >= 15 is 0 Å². The van der Waals surface area contributed by atoms with Crippen LogP contribution in [-0.4, -0.2) is 41.3 Å². The molecule has 0 aromatic carbocycles. The third-order valence-corrected chi connectivity index (χ3v) is 3.03. The normalized spacial score (nSPS) is 9.79. The molecule has 0 aliphatic carbocycles. The fourth-order valence-corrected chi connectivity index (χ4v) is 1.92. The van der Waals surface area contributed by atoms with E-state index in [4.69, 9.17) is 0 Å². The average molecular weight is 281 g/mol. The number of ketones is 1. The standard InChI is InChI=1S/C14H27NO3.Na.H/c1-2-3-4-5-6-7-8-9-10-11-13(16)12-14(17)18-15;;/h2-12,15H2,1H3;;. The van der Waals surface area contributed by atoms with Crippen LogP contribution in [0.15, 0.2) is 0 Å². The zero-order chi connectivity index (χ0) is 13.6. The van der Waals surface area contributed by atoms with Crippen LogP contribution in [0.4, 0.5) is 0 Å². The van der Waals surface area contributed by atoms with Crippen molar-refractivity contribution in [2.24, 2.45) is 5.90 Å². The van der Waals surface area contributed by atoms with E-state index in [1.807, 2.05) is 0 Å². The first-order valence-electron chi connectivity index (χ1n) is 7.12. The summed E-state index contributed by atoms with van der Waals surface area (Å²) in [6.07, 6.45) is 11.2. The number of carbonyl (C=O) groups is 2. The second-order valence-corrected chi connectivity index (χ2v) is 4.78. The third-order valence-electron chi connectivity index (χ3n) is 3.03. The van der Waals surface area contributed by atoms with Crippen LogP contribution >= 0.6 is 0 Å². The van der Waals surface area contributed by atoms with Gasteiger partial charge in [0.15, 0.2) is 0 Å². The molecule has 0 radical (unpaired) electrons. The van der Waals surface area contributed by atoms with E-state index in [-0.39, 0.29) is 41.8 Å². The molecule has 19 heavy (non-hydrogen) atoms. The molecule has 0 bridgehead atoms. The van der Waals surface area contributed by atoms with E-state index in [0.717, 1.165) is 12.8 Å². The van der Waals surface area contributed by atoms with Gasteiger partial charge in [0.1, 0.15) is 12.2 Å². The maximum atomic E-state index is 11.3. The molecule has 0 heterocycles. The molecule has 0 atom stereocenters. The number of Topliss-reactive ketones (excluding diaryl/α,β-unsaturated/α-hetero) is 1. The fourth-order valence-electron chi connectivity index (χ4n) is 1.92. The summed E-state index contributed by atoms with van der Waals surface area (Å²) in [6.45, 7) is 2.22. The van der Waals surface area contributed by atoms with Crippen molar-refractivity contribution in [2.75, 3.05) is 0 Å². The van der Waals surface area contributed by atoms with Crippen LogP contribution in [0.5, 0.6) is 0 Å². The number of hydrogen-bond donors (Lipinski definition) is 1. The Hall–Kier alpha value is 0.1000. The molecule has 0 spiro atoms. The van der Waals surface area contributed by atoms with Crippen LogP contribution in [0.1, 0.15) is 77.6 Å². The molecule has 0 fully saturated rings. The zero-order valence-corrected chi connectivity index (χ0v) is 11.6. The Balaban J connectivity index is 0. The number of unbranched alkanes of at least 4 members (excludes halogenated alkanes) is 8. The number of rotatable bonds is 12. The van der Waals surface area contributed by atoms with Gasteiger partial charge in [0.25, 0.3) is 0 Å². The number of hydrogen-bond acceptors (Lipinski definition) is 4. The van der Waals surface area contributed by atoms with Gasteiger partial charge in [0, 0.05) is 6.42 Å². The minimum absolute atomic E-state index is 0. The van der Waals surface area contributed by atoms with Crippen LogP contribution in [0.2, 0.25) is 0 Å². The van der Waals surface area contributed by atoms with Crippen LogP contribution in [0.3, 0.4) is 0 Å². The molecule has 2 N–H and O–H groups in total. The maximum absolute atomic E-state index is 11.3. The number of carbonyl (C=O) groups excluding carboxylic acids is 2. The fraction of sp³-hybridized carbons (Fsp3) is 0.857. The molecule has 0 unspecified atom stereocenters. The Labute approximate surface area is 139 Å². The summed E-state index contributed by atoms with van der Waals surface area (Å²) in [4.78, 5) is 25.9. The van der Waals surface area contributed by atoms with Gasteiger partial charge in [-0.3, -0.25) is 4.79 Å². The van der Waals surface area contributed by atoms with Crippen molar-refractivity contribution in [1.29, 1.82) is 0 Å². The van der Waals surface area contributed by atoms with Crippen molar-refractivity contribution in [1.82, 2.24) is 0 Å². The van der Waals surface area contributed by atoms with E-state index < -0.39 is 5.97 Å². The van der Waals surface area contributed by atoms with Crippen molar-refractivity contribution >= 4 is 41.3 Å². The molecule has 0 amide bonds. The van der Waals surface area contributed by atoms with Gasteiger partial charge in [0.2, 0.25) is 0 Å². The quantitative estimate of drug-likeness (QED) is 0.258. The average Bonchev–Trinajstić information content (AvgIpc) is 2.36. The Bertz CT molecular complexity index is 235. The first kappa shape index (κ1) is 21.4. The van der Waals surface area contributed by atoms with E-state index in [9.17, 15) is 9.59 Å². The Kier molecular flexibility index (Phi) is 18.2.